The Bertz CT molecular complexity index is 370. The molecule has 2 atom stereocenters. The minimum Gasteiger partial charge on any atom is -0.397 e. The van der Waals surface area contributed by atoms with Crippen molar-refractivity contribution in [2.45, 2.75) is 42.9 Å². The monoisotopic (exact) mass is 256 g/mol. The van der Waals surface area contributed by atoms with Crippen molar-refractivity contribution < 1.29 is 0 Å². The predicted octanol–water partition coefficient (Wildman–Crippen LogP) is 3.99. The Balaban J connectivity index is 2.05. The molecule has 1 aromatic heterocycles. The van der Waals surface area contributed by atoms with Crippen molar-refractivity contribution in [1.82, 2.24) is 4.98 Å². The van der Waals surface area contributed by atoms with Crippen LogP contribution in [-0.4, -0.2) is 10.2 Å². The first-order valence-corrected chi connectivity index (χ1v) is 6.99. The molecule has 1 aromatic rings. The fourth-order valence-electron chi connectivity index (χ4n) is 2.17. The second kappa shape index (κ2) is 5.28. The summed E-state index contributed by atoms with van der Waals surface area (Å²) in [6.45, 7) is 2.32. The molecular formula is C12H17ClN2S. The third-order valence-electron chi connectivity index (χ3n) is 3.02. The van der Waals surface area contributed by atoms with E-state index in [0.29, 0.717) is 10.4 Å². The van der Waals surface area contributed by atoms with E-state index < -0.39 is 0 Å². The standard InChI is InChI=1S/C12H17ClN2S/c1-8-3-2-4-9(7-8)16-12-10(14)5-6-11(13)15-12/h5-6,8-9H,2-4,7,14H2,1H3. The molecular weight excluding hydrogens is 240 g/mol. The van der Waals surface area contributed by atoms with E-state index in [0.717, 1.165) is 16.6 Å². The molecule has 0 bridgehead atoms. The Morgan fingerprint density at radius 2 is 2.25 bits per heavy atom. The zero-order valence-corrected chi connectivity index (χ0v) is 11.0. The molecule has 16 heavy (non-hydrogen) atoms. The molecule has 0 aromatic carbocycles. The maximum atomic E-state index is 5.90. The van der Waals surface area contributed by atoms with Crippen molar-refractivity contribution in [2.75, 3.05) is 5.73 Å². The predicted molar refractivity (Wildman–Crippen MR) is 70.9 cm³/mol. The topological polar surface area (TPSA) is 38.9 Å². The van der Waals surface area contributed by atoms with Crippen LogP contribution in [-0.2, 0) is 0 Å². The van der Waals surface area contributed by atoms with Crippen LogP contribution in [0.25, 0.3) is 0 Å². The van der Waals surface area contributed by atoms with Crippen LogP contribution < -0.4 is 5.73 Å². The summed E-state index contributed by atoms with van der Waals surface area (Å²) in [5.41, 5.74) is 6.64. The van der Waals surface area contributed by atoms with Gasteiger partial charge in [0.25, 0.3) is 0 Å². The highest BCUT2D eigenvalue weighted by Gasteiger charge is 2.21. The van der Waals surface area contributed by atoms with Gasteiger partial charge < -0.3 is 5.73 Å². The molecule has 4 heteroatoms. The van der Waals surface area contributed by atoms with Crippen LogP contribution in [0, 0.1) is 5.92 Å². The normalized spacial score (nSPS) is 25.6. The summed E-state index contributed by atoms with van der Waals surface area (Å²) in [5, 5.41) is 2.07. The molecule has 1 aliphatic rings. The first kappa shape index (κ1) is 12.1. The van der Waals surface area contributed by atoms with Gasteiger partial charge in [0.1, 0.15) is 10.2 Å². The number of thioether (sulfide) groups is 1. The van der Waals surface area contributed by atoms with Crippen LogP contribution in [0.1, 0.15) is 32.6 Å². The molecule has 88 valence electrons. The van der Waals surface area contributed by atoms with Crippen LogP contribution in [0.15, 0.2) is 17.2 Å². The Morgan fingerprint density at radius 1 is 1.44 bits per heavy atom. The summed E-state index contributed by atoms with van der Waals surface area (Å²) >= 11 is 7.67. The first-order valence-electron chi connectivity index (χ1n) is 5.74. The summed E-state index contributed by atoms with van der Waals surface area (Å²) in [7, 11) is 0. The number of hydrogen-bond donors (Lipinski definition) is 1. The lowest BCUT2D eigenvalue weighted by molar-refractivity contribution is 0.394. The molecule has 2 rings (SSSR count). The van der Waals surface area contributed by atoms with Crippen LogP contribution in [0.2, 0.25) is 5.15 Å². The van der Waals surface area contributed by atoms with Crippen molar-refractivity contribution in [3.05, 3.63) is 17.3 Å². The second-order valence-corrected chi connectivity index (χ2v) is 6.22. The molecule has 0 saturated heterocycles. The Morgan fingerprint density at radius 3 is 3.00 bits per heavy atom. The van der Waals surface area contributed by atoms with E-state index in [-0.39, 0.29) is 0 Å². The molecule has 0 aliphatic heterocycles. The fraction of sp³-hybridized carbons (Fsp3) is 0.583. The van der Waals surface area contributed by atoms with Gasteiger partial charge in [0.15, 0.2) is 0 Å². The zero-order valence-electron chi connectivity index (χ0n) is 9.45. The number of nitrogens with two attached hydrogens (primary N) is 1. The first-order chi connectivity index (χ1) is 7.65. The number of aromatic nitrogens is 1. The van der Waals surface area contributed by atoms with Gasteiger partial charge in [-0.15, -0.1) is 11.8 Å². The average molecular weight is 257 g/mol. The quantitative estimate of drug-likeness (QED) is 0.814. The van der Waals surface area contributed by atoms with E-state index in [1.54, 1.807) is 17.8 Å². The maximum absolute atomic E-state index is 5.90. The molecule has 1 heterocycles. The van der Waals surface area contributed by atoms with Gasteiger partial charge in [0.05, 0.1) is 5.69 Å². The molecule has 1 aliphatic carbocycles. The van der Waals surface area contributed by atoms with Gasteiger partial charge >= 0.3 is 0 Å². The highest BCUT2D eigenvalue weighted by Crippen LogP contribution is 2.37. The molecule has 1 fully saturated rings. The van der Waals surface area contributed by atoms with E-state index in [4.69, 9.17) is 17.3 Å². The van der Waals surface area contributed by atoms with E-state index in [1.165, 1.54) is 25.7 Å². The molecule has 0 radical (unpaired) electrons. The van der Waals surface area contributed by atoms with Crippen molar-refractivity contribution in [2.24, 2.45) is 5.92 Å². The van der Waals surface area contributed by atoms with E-state index in [9.17, 15) is 0 Å². The number of rotatable bonds is 2. The Kier molecular flexibility index (Phi) is 3.98. The van der Waals surface area contributed by atoms with Crippen molar-refractivity contribution in [1.29, 1.82) is 0 Å². The van der Waals surface area contributed by atoms with Crippen LogP contribution in [0.4, 0.5) is 5.69 Å². The Labute approximate surface area is 106 Å². The summed E-state index contributed by atoms with van der Waals surface area (Å²) < 4.78 is 0. The van der Waals surface area contributed by atoms with Gasteiger partial charge in [-0.25, -0.2) is 4.98 Å². The van der Waals surface area contributed by atoms with Crippen LogP contribution in [0.3, 0.4) is 0 Å². The van der Waals surface area contributed by atoms with Crippen molar-refractivity contribution >= 4 is 29.1 Å². The van der Waals surface area contributed by atoms with E-state index in [2.05, 4.69) is 11.9 Å². The van der Waals surface area contributed by atoms with Gasteiger partial charge in [-0.3, -0.25) is 0 Å². The summed E-state index contributed by atoms with van der Waals surface area (Å²) in [5.74, 6) is 0.826. The zero-order chi connectivity index (χ0) is 11.5. The molecule has 2 N–H and O–H groups in total. The number of halogens is 1. The lowest BCUT2D eigenvalue weighted by Gasteiger charge is -2.26. The van der Waals surface area contributed by atoms with Crippen molar-refractivity contribution in [3.63, 3.8) is 0 Å². The molecule has 1 saturated carbocycles. The second-order valence-electron chi connectivity index (χ2n) is 4.54. The SMILES string of the molecule is CC1CCCC(Sc2nc(Cl)ccc2N)C1. The van der Waals surface area contributed by atoms with Gasteiger partial charge in [0, 0.05) is 5.25 Å². The number of pyridine rings is 1. The number of nitrogens with zero attached hydrogens (tertiary/aromatic N) is 1. The van der Waals surface area contributed by atoms with Crippen LogP contribution in [0.5, 0.6) is 0 Å². The number of anilines is 1. The third-order valence-corrected chi connectivity index (χ3v) is 4.54. The average Bonchev–Trinajstić information content (AvgIpc) is 2.24. The lowest BCUT2D eigenvalue weighted by Crippen LogP contribution is -2.15. The van der Waals surface area contributed by atoms with Crippen LogP contribution >= 0.6 is 23.4 Å². The molecule has 0 amide bonds. The minimum absolute atomic E-state index is 0.528. The summed E-state index contributed by atoms with van der Waals surface area (Å²) in [6.07, 6.45) is 5.20. The minimum atomic E-state index is 0.528. The summed E-state index contributed by atoms with van der Waals surface area (Å²) in [6, 6.07) is 3.58. The van der Waals surface area contributed by atoms with Gasteiger partial charge in [-0.2, -0.15) is 0 Å². The smallest absolute Gasteiger partial charge is 0.130 e. The van der Waals surface area contributed by atoms with E-state index in [1.807, 2.05) is 6.07 Å². The van der Waals surface area contributed by atoms with E-state index >= 15 is 0 Å². The van der Waals surface area contributed by atoms with Gasteiger partial charge in [-0.1, -0.05) is 31.4 Å². The number of nitrogen functional groups attached to an aromatic ring is 1. The fourth-order valence-corrected chi connectivity index (χ4v) is 3.74. The highest BCUT2D eigenvalue weighted by atomic mass is 35.5. The molecule has 0 spiro atoms. The lowest BCUT2D eigenvalue weighted by atomic mass is 9.91. The highest BCUT2D eigenvalue weighted by molar-refractivity contribution is 8.00. The van der Waals surface area contributed by atoms with Crippen molar-refractivity contribution in [3.8, 4) is 0 Å². The van der Waals surface area contributed by atoms with Gasteiger partial charge in [-0.05, 0) is 30.9 Å². The largest absolute Gasteiger partial charge is 0.397 e. The molecule has 2 nitrogen and oxygen atoms in total. The van der Waals surface area contributed by atoms with Gasteiger partial charge in [0.2, 0.25) is 0 Å². The molecule has 2 unspecified atom stereocenters. The Hall–Kier alpha value is -0.410. The third kappa shape index (κ3) is 3.05. The summed E-state index contributed by atoms with van der Waals surface area (Å²) in [4.78, 5) is 4.30. The number of hydrogen-bond acceptors (Lipinski definition) is 3. The maximum Gasteiger partial charge on any atom is 0.130 e.